The molecule has 4 heterocycles. The molecule has 0 saturated heterocycles. The van der Waals surface area contributed by atoms with Crippen LogP contribution in [0.3, 0.4) is 0 Å². The van der Waals surface area contributed by atoms with Crippen LogP contribution in [0.5, 0.6) is 0 Å². The van der Waals surface area contributed by atoms with Gasteiger partial charge in [-0.05, 0) is 25.7 Å². The van der Waals surface area contributed by atoms with Gasteiger partial charge in [-0.3, -0.25) is 9.59 Å². The van der Waals surface area contributed by atoms with Crippen LogP contribution in [0.15, 0.2) is 25.3 Å². The van der Waals surface area contributed by atoms with Gasteiger partial charge in [0.25, 0.3) is 0 Å². The smallest absolute Gasteiger partial charge is 0.303 e. The Kier molecular flexibility index (Phi) is 9.01. The topological polar surface area (TPSA) is 208 Å². The molecule has 4 rings (SSSR count). The van der Waals surface area contributed by atoms with Gasteiger partial charge in [-0.15, -0.1) is 0 Å². The number of H-pyrrole nitrogens is 2. The molecule has 14 nitrogen and oxygen atoms in total. The molecule has 0 fully saturated rings. The number of imidazole rings is 2. The first-order chi connectivity index (χ1) is 16.5. The number of carbonyl (C=O) groups is 2. The minimum Gasteiger partial charge on any atom is -0.481 e. The maximum Gasteiger partial charge on any atom is 0.303 e. The van der Waals surface area contributed by atoms with Gasteiger partial charge >= 0.3 is 11.9 Å². The third-order valence-corrected chi connectivity index (χ3v) is 4.67. The largest absolute Gasteiger partial charge is 0.481 e. The van der Waals surface area contributed by atoms with E-state index >= 15 is 0 Å². The molecule has 6 N–H and O–H groups in total. The third-order valence-electron chi connectivity index (χ3n) is 4.67. The lowest BCUT2D eigenvalue weighted by atomic mass is 10.2. The molecular formula is C20H26N10O4. The highest BCUT2D eigenvalue weighted by Crippen LogP contribution is 2.15. The molecule has 0 spiro atoms. The van der Waals surface area contributed by atoms with Gasteiger partial charge in [0.2, 0.25) is 0 Å². The number of carboxylic acid groups (broad SMARTS) is 2. The fraction of sp³-hybridized carbons (Fsp3) is 0.400. The van der Waals surface area contributed by atoms with Crippen LogP contribution < -0.4 is 10.6 Å². The minimum atomic E-state index is -0.761. The van der Waals surface area contributed by atoms with E-state index in [1.54, 1.807) is 12.7 Å². The zero-order valence-corrected chi connectivity index (χ0v) is 18.4. The Hall–Kier alpha value is -4.36. The van der Waals surface area contributed by atoms with E-state index in [2.05, 4.69) is 50.5 Å². The average Bonchev–Trinajstić information content (AvgIpc) is 3.49. The summed E-state index contributed by atoms with van der Waals surface area (Å²) < 4.78 is 0. The summed E-state index contributed by atoms with van der Waals surface area (Å²) >= 11 is 0. The normalized spacial score (nSPS) is 10.6. The van der Waals surface area contributed by atoms with Crippen molar-refractivity contribution in [2.45, 2.75) is 38.5 Å². The van der Waals surface area contributed by atoms with Gasteiger partial charge in [0.15, 0.2) is 22.9 Å². The molecule has 0 saturated carbocycles. The number of aromatic amines is 2. The van der Waals surface area contributed by atoms with E-state index in [0.717, 1.165) is 23.9 Å². The van der Waals surface area contributed by atoms with Crippen molar-refractivity contribution in [2.24, 2.45) is 0 Å². The van der Waals surface area contributed by atoms with E-state index in [1.165, 1.54) is 12.7 Å². The van der Waals surface area contributed by atoms with Crippen molar-refractivity contribution in [3.8, 4) is 0 Å². The van der Waals surface area contributed by atoms with Crippen LogP contribution in [0.2, 0.25) is 0 Å². The van der Waals surface area contributed by atoms with Gasteiger partial charge in [-0.25, -0.2) is 29.9 Å². The van der Waals surface area contributed by atoms with E-state index in [9.17, 15) is 9.59 Å². The van der Waals surface area contributed by atoms with Gasteiger partial charge in [0, 0.05) is 25.9 Å². The molecule has 0 aliphatic carbocycles. The maximum atomic E-state index is 10.3. The fourth-order valence-corrected chi connectivity index (χ4v) is 3.01. The Bertz CT molecular complexity index is 1110. The summed E-state index contributed by atoms with van der Waals surface area (Å²) in [5.74, 6) is -0.128. The number of hydrogen-bond acceptors (Lipinski definition) is 10. The number of aliphatic carboxylic acids is 2. The van der Waals surface area contributed by atoms with Gasteiger partial charge in [0.05, 0.1) is 12.7 Å². The van der Waals surface area contributed by atoms with E-state index in [-0.39, 0.29) is 12.8 Å². The first-order valence-corrected chi connectivity index (χ1v) is 10.7. The lowest BCUT2D eigenvalue weighted by molar-refractivity contribution is -0.138. The van der Waals surface area contributed by atoms with Crippen LogP contribution in [0.1, 0.15) is 38.5 Å². The molecule has 180 valence electrons. The molecule has 14 heteroatoms. The summed E-state index contributed by atoms with van der Waals surface area (Å²) in [5.41, 5.74) is 2.78. The average molecular weight is 470 g/mol. The minimum absolute atomic E-state index is 0.199. The molecule has 0 unspecified atom stereocenters. The second-order valence-corrected chi connectivity index (χ2v) is 7.20. The summed E-state index contributed by atoms with van der Waals surface area (Å²) in [7, 11) is 0. The van der Waals surface area contributed by atoms with Crippen molar-refractivity contribution < 1.29 is 19.8 Å². The molecule has 0 aliphatic heterocycles. The number of nitrogens with one attached hydrogen (secondary N) is 4. The molecule has 0 amide bonds. The van der Waals surface area contributed by atoms with Crippen LogP contribution in [0.25, 0.3) is 22.3 Å². The summed E-state index contributed by atoms with van der Waals surface area (Å²) in [5, 5.41) is 23.2. The number of rotatable bonds is 12. The van der Waals surface area contributed by atoms with Crippen molar-refractivity contribution in [1.29, 1.82) is 0 Å². The first kappa shape index (κ1) is 24.3. The van der Waals surface area contributed by atoms with Crippen molar-refractivity contribution in [2.75, 3.05) is 23.7 Å². The Morgan fingerprint density at radius 1 is 0.676 bits per heavy atom. The van der Waals surface area contributed by atoms with Crippen molar-refractivity contribution in [1.82, 2.24) is 39.9 Å². The monoisotopic (exact) mass is 470 g/mol. The zero-order chi connectivity index (χ0) is 24.2. The van der Waals surface area contributed by atoms with Gasteiger partial charge < -0.3 is 30.8 Å². The fourth-order valence-electron chi connectivity index (χ4n) is 3.01. The van der Waals surface area contributed by atoms with Crippen molar-refractivity contribution >= 4 is 45.9 Å². The Morgan fingerprint density at radius 3 is 1.53 bits per heavy atom. The quantitative estimate of drug-likeness (QED) is 0.164. The first-order valence-electron chi connectivity index (χ1n) is 10.7. The van der Waals surface area contributed by atoms with Crippen LogP contribution >= 0.6 is 0 Å². The SMILES string of the molecule is O=C(O)CCCCNc1ncnc2nc[nH]c12.O=C(O)CCCCNc1ncnc2nc[nH]c12. The summed E-state index contributed by atoms with van der Waals surface area (Å²) in [4.78, 5) is 50.8. The molecule has 0 aromatic carbocycles. The number of fused-ring (bicyclic) bond motifs is 2. The van der Waals surface area contributed by atoms with Crippen LogP contribution in [0, 0.1) is 0 Å². The highest BCUT2D eigenvalue weighted by Gasteiger charge is 2.05. The van der Waals surface area contributed by atoms with Crippen molar-refractivity contribution in [3.05, 3.63) is 25.3 Å². The van der Waals surface area contributed by atoms with Crippen LogP contribution in [-0.2, 0) is 9.59 Å². The number of nitrogens with zero attached hydrogens (tertiary/aromatic N) is 6. The van der Waals surface area contributed by atoms with Crippen LogP contribution in [-0.4, -0.2) is 75.1 Å². The number of hydrogen-bond donors (Lipinski definition) is 6. The predicted octanol–water partition coefficient (Wildman–Crippen LogP) is 2.04. The summed E-state index contributed by atoms with van der Waals surface area (Å²) in [6.45, 7) is 1.36. The Balaban J connectivity index is 0.000000191. The molecule has 4 aromatic heterocycles. The molecule has 34 heavy (non-hydrogen) atoms. The van der Waals surface area contributed by atoms with Gasteiger partial charge in [-0.1, -0.05) is 0 Å². The van der Waals surface area contributed by atoms with Crippen molar-refractivity contribution in [3.63, 3.8) is 0 Å². The maximum absolute atomic E-state index is 10.3. The lowest BCUT2D eigenvalue weighted by Crippen LogP contribution is -2.05. The number of anilines is 2. The van der Waals surface area contributed by atoms with E-state index in [1.807, 2.05) is 0 Å². The third kappa shape index (κ3) is 7.36. The molecule has 0 aliphatic rings. The molecule has 0 atom stereocenters. The second kappa shape index (κ2) is 12.6. The molecule has 0 radical (unpaired) electrons. The number of unbranched alkanes of at least 4 members (excludes halogenated alkanes) is 2. The number of carboxylic acids is 2. The molecule has 0 bridgehead atoms. The van der Waals surface area contributed by atoms with E-state index < -0.39 is 11.9 Å². The standard InChI is InChI=1S/2C10H13N5O2/c2*16-7(17)3-1-2-4-11-9-8-10(13-5-12-8)15-6-14-9/h2*5-6H,1-4H2,(H,16,17)(H2,11,12,13,14,15). The summed E-state index contributed by atoms with van der Waals surface area (Å²) in [6.07, 6.45) is 9.29. The molecule has 4 aromatic rings. The predicted molar refractivity (Wildman–Crippen MR) is 123 cm³/mol. The van der Waals surface area contributed by atoms with E-state index in [0.29, 0.717) is 48.9 Å². The van der Waals surface area contributed by atoms with Gasteiger partial charge in [0.1, 0.15) is 23.7 Å². The zero-order valence-electron chi connectivity index (χ0n) is 18.4. The van der Waals surface area contributed by atoms with E-state index in [4.69, 9.17) is 10.2 Å². The Labute approximate surface area is 193 Å². The lowest BCUT2D eigenvalue weighted by Gasteiger charge is -2.04. The Morgan fingerprint density at radius 2 is 1.12 bits per heavy atom. The molecular weight excluding hydrogens is 444 g/mol. The second-order valence-electron chi connectivity index (χ2n) is 7.20. The highest BCUT2D eigenvalue weighted by atomic mass is 16.4. The summed E-state index contributed by atoms with van der Waals surface area (Å²) in [6, 6.07) is 0. The number of aromatic nitrogens is 8. The van der Waals surface area contributed by atoms with Gasteiger partial charge in [-0.2, -0.15) is 0 Å². The highest BCUT2D eigenvalue weighted by molar-refractivity contribution is 5.82. The van der Waals surface area contributed by atoms with Crippen LogP contribution in [0.4, 0.5) is 11.6 Å².